The second-order valence-electron chi connectivity index (χ2n) is 15.5. The van der Waals surface area contributed by atoms with Gasteiger partial charge in [-0.25, -0.2) is 0 Å². The van der Waals surface area contributed by atoms with Gasteiger partial charge in [0, 0.05) is 17.2 Å². The summed E-state index contributed by atoms with van der Waals surface area (Å²) in [6.07, 6.45) is 26.2. The molecule has 2 aromatic carbocycles. The number of carbonyl (C=O) groups excluding carboxylic acids is 1. The van der Waals surface area contributed by atoms with Crippen molar-refractivity contribution in [3.63, 3.8) is 0 Å². The van der Waals surface area contributed by atoms with E-state index in [0.717, 1.165) is 0 Å². The van der Waals surface area contributed by atoms with Crippen LogP contribution in [-0.4, -0.2) is 37.3 Å². The highest BCUT2D eigenvalue weighted by atomic mass is 16.5. The van der Waals surface area contributed by atoms with E-state index in [1.165, 1.54) is 134 Å². The predicted molar refractivity (Wildman–Crippen MR) is 196 cm³/mol. The Kier molecular flexibility index (Phi) is 13.6. The number of rotatable bonds is 15. The van der Waals surface area contributed by atoms with Crippen LogP contribution in [0, 0.1) is 23.7 Å². The molecule has 1 N–H and O–H groups in total. The molecule has 0 radical (unpaired) electrons. The number of hydrogen-bond donors (Lipinski definition) is 1. The van der Waals surface area contributed by atoms with Gasteiger partial charge in [0.15, 0.2) is 28.8 Å². The summed E-state index contributed by atoms with van der Waals surface area (Å²) in [7, 11) is 0. The summed E-state index contributed by atoms with van der Waals surface area (Å²) in [5.41, 5.74) is 1.01. The predicted octanol–water partition coefficient (Wildman–Crippen LogP) is 11.3. The van der Waals surface area contributed by atoms with E-state index in [0.29, 0.717) is 84.2 Å². The topological polar surface area (TPSA) is 74.2 Å². The van der Waals surface area contributed by atoms with E-state index in [-0.39, 0.29) is 11.5 Å². The molecule has 4 fully saturated rings. The first kappa shape index (κ1) is 35.7. The molecule has 0 spiro atoms. The van der Waals surface area contributed by atoms with Crippen LogP contribution in [0.25, 0.3) is 5.76 Å². The van der Waals surface area contributed by atoms with Crippen molar-refractivity contribution in [1.82, 2.24) is 0 Å². The molecule has 0 unspecified atom stereocenters. The Labute approximate surface area is 294 Å². The first-order valence-corrected chi connectivity index (χ1v) is 19.9. The summed E-state index contributed by atoms with van der Waals surface area (Å²) in [6, 6.07) is 11.0. The molecule has 4 aliphatic carbocycles. The highest BCUT2D eigenvalue weighted by Crippen LogP contribution is 2.36. The molecule has 2 aromatic rings. The summed E-state index contributed by atoms with van der Waals surface area (Å²) in [5, 5.41) is 11.2. The van der Waals surface area contributed by atoms with Gasteiger partial charge in [-0.3, -0.25) is 4.79 Å². The van der Waals surface area contributed by atoms with Gasteiger partial charge in [-0.15, -0.1) is 0 Å². The number of aliphatic hydroxyl groups excluding tert-OH is 1. The smallest absolute Gasteiger partial charge is 0.189 e. The largest absolute Gasteiger partial charge is 0.507 e. The Bertz CT molecular complexity index is 1340. The van der Waals surface area contributed by atoms with Crippen LogP contribution in [0.1, 0.15) is 144 Å². The van der Waals surface area contributed by atoms with Gasteiger partial charge in [0.1, 0.15) is 5.76 Å². The highest BCUT2D eigenvalue weighted by molar-refractivity contribution is 6.08. The first-order chi connectivity index (χ1) is 24.1. The Morgan fingerprint density at radius 3 is 1.20 bits per heavy atom. The third-order valence-electron chi connectivity index (χ3n) is 11.5. The molecule has 0 heterocycles. The molecular formula is C43H60O6. The highest BCUT2D eigenvalue weighted by Gasteiger charge is 2.21. The minimum absolute atomic E-state index is 0.0892. The quantitative estimate of drug-likeness (QED) is 0.115. The van der Waals surface area contributed by atoms with Gasteiger partial charge in [-0.2, -0.15) is 0 Å². The second kappa shape index (κ2) is 18.7. The summed E-state index contributed by atoms with van der Waals surface area (Å²) in [6.45, 7) is 2.65. The SMILES string of the molecule is O=C(/C=C(\O)c1ccc(OCC2CCCCC2)c(OCC2CCCCC2)c1)c1ccc(OCC2CCCCC2)c(OCC2CCCCC2)c1. The summed E-state index contributed by atoms with van der Waals surface area (Å²) < 4.78 is 25.4. The Morgan fingerprint density at radius 1 is 0.490 bits per heavy atom. The molecule has 4 saturated carbocycles. The number of allylic oxidation sites excluding steroid dienone is 1. The number of ketones is 1. The van der Waals surface area contributed by atoms with Crippen molar-refractivity contribution in [2.24, 2.45) is 23.7 Å². The van der Waals surface area contributed by atoms with Crippen molar-refractivity contribution in [1.29, 1.82) is 0 Å². The molecule has 0 aliphatic heterocycles. The van der Waals surface area contributed by atoms with Crippen LogP contribution in [0.3, 0.4) is 0 Å². The molecule has 6 heteroatoms. The average Bonchev–Trinajstić information content (AvgIpc) is 3.16. The van der Waals surface area contributed by atoms with E-state index >= 15 is 0 Å². The Hall–Kier alpha value is -3.15. The molecular weight excluding hydrogens is 612 g/mol. The molecule has 0 atom stereocenters. The molecule has 0 amide bonds. The molecule has 0 aromatic heterocycles. The van der Waals surface area contributed by atoms with Crippen LogP contribution in [-0.2, 0) is 0 Å². The molecule has 4 aliphatic rings. The molecule has 49 heavy (non-hydrogen) atoms. The summed E-state index contributed by atoms with van der Waals surface area (Å²) in [4.78, 5) is 13.6. The van der Waals surface area contributed by atoms with E-state index in [1.54, 1.807) is 12.1 Å². The van der Waals surface area contributed by atoms with E-state index in [9.17, 15) is 9.90 Å². The zero-order valence-corrected chi connectivity index (χ0v) is 29.8. The summed E-state index contributed by atoms with van der Waals surface area (Å²) >= 11 is 0. The third-order valence-corrected chi connectivity index (χ3v) is 11.5. The lowest BCUT2D eigenvalue weighted by Gasteiger charge is -2.24. The minimum atomic E-state index is -0.277. The monoisotopic (exact) mass is 672 g/mol. The lowest BCUT2D eigenvalue weighted by Crippen LogP contribution is -2.17. The normalized spacial score (nSPS) is 20.5. The Balaban J connectivity index is 1.16. The minimum Gasteiger partial charge on any atom is -0.507 e. The Morgan fingerprint density at radius 2 is 0.816 bits per heavy atom. The molecule has 0 saturated heterocycles. The van der Waals surface area contributed by atoms with Gasteiger partial charge in [0.05, 0.1) is 26.4 Å². The van der Waals surface area contributed by atoms with E-state index < -0.39 is 0 Å². The molecule has 0 bridgehead atoms. The number of carbonyl (C=O) groups is 1. The van der Waals surface area contributed by atoms with Gasteiger partial charge < -0.3 is 24.1 Å². The van der Waals surface area contributed by atoms with Crippen LogP contribution < -0.4 is 18.9 Å². The van der Waals surface area contributed by atoms with Crippen molar-refractivity contribution >= 4 is 11.5 Å². The zero-order chi connectivity index (χ0) is 33.7. The van der Waals surface area contributed by atoms with Gasteiger partial charge >= 0.3 is 0 Å². The van der Waals surface area contributed by atoms with Crippen molar-refractivity contribution in [3.8, 4) is 23.0 Å². The van der Waals surface area contributed by atoms with Crippen LogP contribution in [0.2, 0.25) is 0 Å². The number of ether oxygens (including phenoxy) is 4. The molecule has 268 valence electrons. The zero-order valence-electron chi connectivity index (χ0n) is 29.8. The number of hydrogen-bond acceptors (Lipinski definition) is 6. The van der Waals surface area contributed by atoms with Crippen LogP contribution >= 0.6 is 0 Å². The van der Waals surface area contributed by atoms with Crippen molar-refractivity contribution in [2.75, 3.05) is 26.4 Å². The lowest BCUT2D eigenvalue weighted by atomic mass is 9.90. The van der Waals surface area contributed by atoms with Crippen LogP contribution in [0.5, 0.6) is 23.0 Å². The molecule has 6 rings (SSSR count). The fraction of sp³-hybridized carbons (Fsp3) is 0.651. The van der Waals surface area contributed by atoms with E-state index in [4.69, 9.17) is 18.9 Å². The van der Waals surface area contributed by atoms with Gasteiger partial charge in [0.25, 0.3) is 0 Å². The van der Waals surface area contributed by atoms with E-state index in [1.807, 2.05) is 24.3 Å². The van der Waals surface area contributed by atoms with Crippen molar-refractivity contribution in [3.05, 3.63) is 53.6 Å². The fourth-order valence-electron chi connectivity index (χ4n) is 8.33. The fourth-order valence-corrected chi connectivity index (χ4v) is 8.33. The standard InChI is InChI=1S/C43H60O6/c44-38(36-21-23-40(46-28-32-13-5-1-6-14-32)42(25-36)48-30-34-17-9-3-10-18-34)27-39(45)37-22-24-41(47-29-33-15-7-2-8-16-33)43(26-37)49-31-35-19-11-4-12-20-35/h21-27,32-35,44H,1-20,28-31H2/b38-27-. The first-order valence-electron chi connectivity index (χ1n) is 19.9. The number of benzene rings is 2. The number of aliphatic hydroxyl groups is 1. The van der Waals surface area contributed by atoms with Gasteiger partial charge in [-0.05, 0) is 111 Å². The maximum Gasteiger partial charge on any atom is 0.189 e. The van der Waals surface area contributed by atoms with Gasteiger partial charge in [-0.1, -0.05) is 77.0 Å². The van der Waals surface area contributed by atoms with Gasteiger partial charge in [0.2, 0.25) is 0 Å². The summed E-state index contributed by atoms with van der Waals surface area (Å²) in [5.74, 6) is 4.54. The lowest BCUT2D eigenvalue weighted by molar-refractivity contribution is 0.104. The van der Waals surface area contributed by atoms with E-state index in [2.05, 4.69) is 0 Å². The van der Waals surface area contributed by atoms with Crippen molar-refractivity contribution in [2.45, 2.75) is 128 Å². The second-order valence-corrected chi connectivity index (χ2v) is 15.5. The maximum absolute atomic E-state index is 13.6. The van der Waals surface area contributed by atoms with Crippen molar-refractivity contribution < 1.29 is 28.8 Å². The van der Waals surface area contributed by atoms with Crippen LogP contribution in [0.15, 0.2) is 42.5 Å². The third kappa shape index (κ3) is 10.9. The molecule has 6 nitrogen and oxygen atoms in total. The average molecular weight is 673 g/mol. The maximum atomic E-state index is 13.6. The van der Waals surface area contributed by atoms with Crippen LogP contribution in [0.4, 0.5) is 0 Å².